The van der Waals surface area contributed by atoms with Crippen molar-refractivity contribution in [3.63, 3.8) is 0 Å². The highest BCUT2D eigenvalue weighted by Gasteiger charge is 2.22. The fourth-order valence-corrected chi connectivity index (χ4v) is 3.24. The summed E-state index contributed by atoms with van der Waals surface area (Å²) in [4.78, 5) is 13.7. The normalized spacial score (nSPS) is 11.5. The first-order valence-corrected chi connectivity index (χ1v) is 9.38. The van der Waals surface area contributed by atoms with Crippen LogP contribution in [0.5, 0.6) is 5.75 Å². The van der Waals surface area contributed by atoms with Gasteiger partial charge in [-0.15, -0.1) is 11.3 Å². The monoisotopic (exact) mass is 345 g/mol. The van der Waals surface area contributed by atoms with Gasteiger partial charge < -0.3 is 10.4 Å². The zero-order chi connectivity index (χ0) is 17.7. The number of hydrogen-bond donors (Lipinski definition) is 2. The number of unbranched alkanes of at least 4 members (excludes halogenated alkanes) is 1. The highest BCUT2D eigenvalue weighted by Crippen LogP contribution is 2.33. The van der Waals surface area contributed by atoms with E-state index in [1.807, 2.05) is 23.6 Å². The Labute approximate surface area is 148 Å². The molecular formula is C20H27NO2S. The molecule has 0 spiro atoms. The number of phenols is 1. The molecule has 0 aliphatic carbocycles. The van der Waals surface area contributed by atoms with Gasteiger partial charge in [0.05, 0.1) is 5.56 Å². The van der Waals surface area contributed by atoms with Crippen LogP contribution in [0.4, 0.5) is 0 Å². The third-order valence-corrected chi connectivity index (χ3v) is 4.94. The molecule has 0 bridgehead atoms. The van der Waals surface area contributed by atoms with E-state index in [0.717, 1.165) is 24.0 Å². The lowest BCUT2D eigenvalue weighted by molar-refractivity contribution is 0.0950. The summed E-state index contributed by atoms with van der Waals surface area (Å²) in [6, 6.07) is 7.91. The molecule has 1 amide bonds. The standard InChI is InChI=1S/C20H27NO2S/c1-5-6-9-21-19(23)17-13-15(20(2,3)4)11-14(18(17)22)12-16-8-7-10-24-16/h7-8,10-11,13,22H,5-6,9,12H2,1-4H3,(H,21,23). The Balaban J connectivity index is 2.39. The number of benzene rings is 1. The summed E-state index contributed by atoms with van der Waals surface area (Å²) in [5, 5.41) is 15.6. The first-order valence-electron chi connectivity index (χ1n) is 8.50. The second-order valence-corrected chi connectivity index (χ2v) is 8.18. The lowest BCUT2D eigenvalue weighted by atomic mass is 9.84. The molecule has 2 N–H and O–H groups in total. The van der Waals surface area contributed by atoms with Gasteiger partial charge in [0, 0.05) is 23.4 Å². The van der Waals surface area contributed by atoms with Crippen molar-refractivity contribution in [3.05, 3.63) is 51.2 Å². The minimum absolute atomic E-state index is 0.0870. The number of aromatic hydroxyl groups is 1. The lowest BCUT2D eigenvalue weighted by Gasteiger charge is -2.22. The van der Waals surface area contributed by atoms with Crippen LogP contribution in [0.15, 0.2) is 29.6 Å². The number of thiophene rings is 1. The predicted octanol–water partition coefficient (Wildman–Crippen LogP) is 4.87. The number of carbonyl (C=O) groups is 1. The number of amides is 1. The average molecular weight is 346 g/mol. The molecule has 24 heavy (non-hydrogen) atoms. The van der Waals surface area contributed by atoms with Gasteiger partial charge in [0.25, 0.3) is 5.91 Å². The van der Waals surface area contributed by atoms with Crippen molar-refractivity contribution in [2.45, 2.75) is 52.4 Å². The van der Waals surface area contributed by atoms with Gasteiger partial charge in [-0.05, 0) is 34.9 Å². The van der Waals surface area contributed by atoms with Gasteiger partial charge in [-0.1, -0.05) is 46.2 Å². The molecular weight excluding hydrogens is 318 g/mol. The van der Waals surface area contributed by atoms with Crippen molar-refractivity contribution < 1.29 is 9.90 Å². The Bertz CT molecular complexity index is 684. The SMILES string of the molecule is CCCCNC(=O)c1cc(C(C)(C)C)cc(Cc2cccs2)c1O. The Morgan fingerprint density at radius 1 is 1.29 bits per heavy atom. The first-order chi connectivity index (χ1) is 11.3. The van der Waals surface area contributed by atoms with Crippen LogP contribution >= 0.6 is 11.3 Å². The molecule has 2 rings (SSSR count). The summed E-state index contributed by atoms with van der Waals surface area (Å²) in [5.41, 5.74) is 2.17. The zero-order valence-corrected chi connectivity index (χ0v) is 15.8. The molecule has 1 aromatic heterocycles. The minimum Gasteiger partial charge on any atom is -0.507 e. The van der Waals surface area contributed by atoms with E-state index in [-0.39, 0.29) is 17.1 Å². The van der Waals surface area contributed by atoms with E-state index in [4.69, 9.17) is 0 Å². The Morgan fingerprint density at radius 3 is 2.62 bits per heavy atom. The molecule has 0 atom stereocenters. The second kappa shape index (κ2) is 7.84. The number of rotatable bonds is 6. The third kappa shape index (κ3) is 4.60. The van der Waals surface area contributed by atoms with Crippen molar-refractivity contribution >= 4 is 17.2 Å². The number of nitrogens with one attached hydrogen (secondary N) is 1. The maximum atomic E-state index is 12.5. The summed E-state index contributed by atoms with van der Waals surface area (Å²) in [6.07, 6.45) is 2.61. The predicted molar refractivity (Wildman–Crippen MR) is 101 cm³/mol. The maximum Gasteiger partial charge on any atom is 0.255 e. The quantitative estimate of drug-likeness (QED) is 0.734. The highest BCUT2D eigenvalue weighted by molar-refractivity contribution is 7.09. The molecule has 0 aliphatic rings. The van der Waals surface area contributed by atoms with Crippen LogP contribution < -0.4 is 5.32 Å². The third-order valence-electron chi connectivity index (χ3n) is 4.06. The fraction of sp³-hybridized carbons (Fsp3) is 0.450. The van der Waals surface area contributed by atoms with Crippen molar-refractivity contribution in [3.8, 4) is 5.75 Å². The smallest absolute Gasteiger partial charge is 0.255 e. The molecule has 1 aromatic carbocycles. The van der Waals surface area contributed by atoms with Crippen LogP contribution in [-0.2, 0) is 11.8 Å². The highest BCUT2D eigenvalue weighted by atomic mass is 32.1. The molecule has 0 fully saturated rings. The maximum absolute atomic E-state index is 12.5. The van der Waals surface area contributed by atoms with Crippen LogP contribution in [0.2, 0.25) is 0 Å². The number of hydrogen-bond acceptors (Lipinski definition) is 3. The van der Waals surface area contributed by atoms with Crippen LogP contribution in [-0.4, -0.2) is 17.6 Å². The topological polar surface area (TPSA) is 49.3 Å². The second-order valence-electron chi connectivity index (χ2n) is 7.15. The van der Waals surface area contributed by atoms with Gasteiger partial charge in [-0.3, -0.25) is 4.79 Å². The van der Waals surface area contributed by atoms with Crippen molar-refractivity contribution in [2.75, 3.05) is 6.54 Å². The molecule has 0 aliphatic heterocycles. The van der Waals surface area contributed by atoms with Gasteiger partial charge in [0.1, 0.15) is 5.75 Å². The van der Waals surface area contributed by atoms with Gasteiger partial charge in [-0.2, -0.15) is 0 Å². The van der Waals surface area contributed by atoms with E-state index in [9.17, 15) is 9.90 Å². The van der Waals surface area contributed by atoms with Gasteiger partial charge in [0.15, 0.2) is 0 Å². The summed E-state index contributed by atoms with van der Waals surface area (Å²) in [6.45, 7) is 9.07. The zero-order valence-electron chi connectivity index (χ0n) is 15.0. The minimum atomic E-state index is -0.195. The van der Waals surface area contributed by atoms with Gasteiger partial charge >= 0.3 is 0 Å². The molecule has 130 valence electrons. The molecule has 4 heteroatoms. The van der Waals surface area contributed by atoms with Crippen molar-refractivity contribution in [2.24, 2.45) is 0 Å². The fourth-order valence-electron chi connectivity index (χ4n) is 2.51. The van der Waals surface area contributed by atoms with E-state index in [1.54, 1.807) is 11.3 Å². The van der Waals surface area contributed by atoms with Crippen LogP contribution in [0.3, 0.4) is 0 Å². The van der Waals surface area contributed by atoms with Crippen LogP contribution in [0.1, 0.15) is 66.9 Å². The van der Waals surface area contributed by atoms with E-state index >= 15 is 0 Å². The first kappa shape index (κ1) is 18.5. The van der Waals surface area contributed by atoms with E-state index in [0.29, 0.717) is 18.5 Å². The van der Waals surface area contributed by atoms with Crippen molar-refractivity contribution in [1.29, 1.82) is 0 Å². The molecule has 0 saturated carbocycles. The summed E-state index contributed by atoms with van der Waals surface area (Å²) < 4.78 is 0. The average Bonchev–Trinajstić information content (AvgIpc) is 3.01. The Morgan fingerprint density at radius 2 is 2.04 bits per heavy atom. The van der Waals surface area contributed by atoms with E-state index in [2.05, 4.69) is 39.1 Å². The largest absolute Gasteiger partial charge is 0.507 e. The summed E-state index contributed by atoms with van der Waals surface area (Å²) in [5.74, 6) is -0.0927. The van der Waals surface area contributed by atoms with Gasteiger partial charge in [0.2, 0.25) is 0 Å². The van der Waals surface area contributed by atoms with E-state index < -0.39 is 0 Å². The van der Waals surface area contributed by atoms with E-state index in [1.165, 1.54) is 4.88 Å². The number of phenolic OH excluding ortho intramolecular Hbond substituents is 1. The number of carbonyl (C=O) groups excluding carboxylic acids is 1. The van der Waals surface area contributed by atoms with Crippen LogP contribution in [0.25, 0.3) is 0 Å². The molecule has 0 saturated heterocycles. The molecule has 0 radical (unpaired) electrons. The summed E-state index contributed by atoms with van der Waals surface area (Å²) >= 11 is 1.66. The van der Waals surface area contributed by atoms with Gasteiger partial charge in [-0.25, -0.2) is 0 Å². The Kier molecular flexibility index (Phi) is 6.05. The molecule has 0 unspecified atom stereocenters. The van der Waals surface area contributed by atoms with Crippen molar-refractivity contribution in [1.82, 2.24) is 5.32 Å². The Hall–Kier alpha value is -1.81. The lowest BCUT2D eigenvalue weighted by Crippen LogP contribution is -2.25. The molecule has 3 nitrogen and oxygen atoms in total. The molecule has 1 heterocycles. The summed E-state index contributed by atoms with van der Waals surface area (Å²) in [7, 11) is 0. The molecule has 2 aromatic rings. The van der Waals surface area contributed by atoms with Crippen LogP contribution in [0, 0.1) is 0 Å².